The number of fused-ring (bicyclic) bond motifs is 1. The molecule has 0 saturated carbocycles. The van der Waals surface area contributed by atoms with Crippen molar-refractivity contribution in [2.45, 2.75) is 25.7 Å². The molecule has 4 rings (SSSR count). The maximum Gasteiger partial charge on any atom is 0.239 e. The van der Waals surface area contributed by atoms with Crippen LogP contribution in [-0.2, 0) is 4.79 Å². The number of likely N-dealkylation sites (tertiary alicyclic amines) is 1. The molecule has 1 fully saturated rings. The molecule has 1 amide bonds. The first-order valence-electron chi connectivity index (χ1n) is 8.70. The van der Waals surface area contributed by atoms with E-state index in [0.717, 1.165) is 25.9 Å². The number of nitrogens with one attached hydrogen (secondary N) is 2. The highest BCUT2D eigenvalue weighted by Crippen LogP contribution is 2.29. The Hall–Kier alpha value is -2.60. The van der Waals surface area contributed by atoms with Crippen molar-refractivity contribution >= 4 is 22.6 Å². The van der Waals surface area contributed by atoms with Crippen LogP contribution in [0.25, 0.3) is 10.9 Å². The fourth-order valence-corrected chi connectivity index (χ4v) is 3.53. The van der Waals surface area contributed by atoms with Crippen molar-refractivity contribution in [1.82, 2.24) is 15.0 Å². The van der Waals surface area contributed by atoms with E-state index in [1.807, 2.05) is 0 Å². The molecule has 0 radical (unpaired) electrons. The van der Waals surface area contributed by atoms with E-state index in [9.17, 15) is 4.79 Å². The molecule has 130 valence electrons. The first-order chi connectivity index (χ1) is 12.2. The lowest BCUT2D eigenvalue weighted by Crippen LogP contribution is -2.38. The molecule has 2 aromatic heterocycles. The lowest BCUT2D eigenvalue weighted by Gasteiger charge is -2.30. The van der Waals surface area contributed by atoms with E-state index < -0.39 is 0 Å². The number of hydrogen-bond acceptors (Lipinski definition) is 4. The molecular formula is C19H22N4O2. The van der Waals surface area contributed by atoms with E-state index >= 15 is 0 Å². The van der Waals surface area contributed by atoms with Gasteiger partial charge >= 0.3 is 0 Å². The molecule has 0 unspecified atom stereocenters. The standard InChI is InChI=1S/C19H22N4O2/c1-13-10-18(22-25-13)21-19(24)12-23-8-6-14(7-9-23)17-11-15-4-2-3-5-16(15)20-17/h2-5,10-11,14,20H,6-9,12H2,1H3,(H,21,22,24). The number of amides is 1. The van der Waals surface area contributed by atoms with Crippen LogP contribution < -0.4 is 5.32 Å². The Bertz CT molecular complexity index is 841. The molecule has 0 spiro atoms. The number of nitrogens with zero attached hydrogens (tertiary/aromatic N) is 2. The third-order valence-electron chi connectivity index (χ3n) is 4.84. The van der Waals surface area contributed by atoms with Gasteiger partial charge in [-0.25, -0.2) is 0 Å². The monoisotopic (exact) mass is 338 g/mol. The van der Waals surface area contributed by atoms with Gasteiger partial charge in [0.1, 0.15) is 5.76 Å². The van der Waals surface area contributed by atoms with Crippen molar-refractivity contribution in [2.24, 2.45) is 0 Å². The minimum atomic E-state index is -0.0441. The average Bonchev–Trinajstić information content (AvgIpc) is 3.21. The minimum Gasteiger partial charge on any atom is -0.360 e. The van der Waals surface area contributed by atoms with E-state index in [0.29, 0.717) is 24.0 Å². The van der Waals surface area contributed by atoms with Gasteiger partial charge in [-0.2, -0.15) is 0 Å². The first-order valence-corrected chi connectivity index (χ1v) is 8.70. The van der Waals surface area contributed by atoms with E-state index in [1.165, 1.54) is 16.6 Å². The fourth-order valence-electron chi connectivity index (χ4n) is 3.53. The Morgan fingerprint density at radius 1 is 1.32 bits per heavy atom. The number of piperidine rings is 1. The number of carbonyl (C=O) groups excluding carboxylic acids is 1. The number of aromatic amines is 1. The van der Waals surface area contributed by atoms with Crippen molar-refractivity contribution in [2.75, 3.05) is 25.0 Å². The van der Waals surface area contributed by atoms with Crippen molar-refractivity contribution in [3.63, 3.8) is 0 Å². The molecule has 6 heteroatoms. The van der Waals surface area contributed by atoms with Crippen LogP contribution in [0.15, 0.2) is 40.9 Å². The topological polar surface area (TPSA) is 74.2 Å². The largest absolute Gasteiger partial charge is 0.360 e. The zero-order valence-corrected chi connectivity index (χ0v) is 14.3. The molecule has 3 heterocycles. The van der Waals surface area contributed by atoms with Crippen molar-refractivity contribution < 1.29 is 9.32 Å². The van der Waals surface area contributed by atoms with Crippen LogP contribution in [0.3, 0.4) is 0 Å². The summed E-state index contributed by atoms with van der Waals surface area (Å²) >= 11 is 0. The normalized spacial score (nSPS) is 16.4. The second-order valence-corrected chi connectivity index (χ2v) is 6.73. The predicted molar refractivity (Wildman–Crippen MR) is 96.6 cm³/mol. The average molecular weight is 338 g/mol. The number of aryl methyl sites for hydroxylation is 1. The number of hydrogen-bond donors (Lipinski definition) is 2. The van der Waals surface area contributed by atoms with Crippen molar-refractivity contribution in [3.05, 3.63) is 47.9 Å². The second kappa shape index (κ2) is 6.72. The molecule has 1 saturated heterocycles. The van der Waals surface area contributed by atoms with Gasteiger partial charge in [0.25, 0.3) is 0 Å². The van der Waals surface area contributed by atoms with Gasteiger partial charge in [-0.15, -0.1) is 0 Å². The van der Waals surface area contributed by atoms with Gasteiger partial charge in [0, 0.05) is 23.2 Å². The van der Waals surface area contributed by atoms with Crippen LogP contribution >= 0.6 is 0 Å². The highest BCUT2D eigenvalue weighted by atomic mass is 16.5. The molecule has 1 aliphatic rings. The van der Waals surface area contributed by atoms with Crippen molar-refractivity contribution in [1.29, 1.82) is 0 Å². The lowest BCUT2D eigenvalue weighted by atomic mass is 9.93. The third kappa shape index (κ3) is 3.58. The van der Waals surface area contributed by atoms with E-state index in [2.05, 4.69) is 50.7 Å². The Morgan fingerprint density at radius 3 is 2.84 bits per heavy atom. The number of rotatable bonds is 4. The van der Waals surface area contributed by atoms with Crippen LogP contribution in [-0.4, -0.2) is 40.6 Å². The molecule has 3 aromatic rings. The van der Waals surface area contributed by atoms with E-state index in [1.54, 1.807) is 13.0 Å². The molecule has 1 aliphatic heterocycles. The zero-order chi connectivity index (χ0) is 17.2. The lowest BCUT2D eigenvalue weighted by molar-refractivity contribution is -0.117. The molecule has 0 bridgehead atoms. The Morgan fingerprint density at radius 2 is 2.12 bits per heavy atom. The van der Waals surface area contributed by atoms with Crippen molar-refractivity contribution in [3.8, 4) is 0 Å². The summed E-state index contributed by atoms with van der Waals surface area (Å²) < 4.78 is 4.96. The number of carbonyl (C=O) groups is 1. The first kappa shape index (κ1) is 15.9. The summed E-state index contributed by atoms with van der Waals surface area (Å²) in [7, 11) is 0. The summed E-state index contributed by atoms with van der Waals surface area (Å²) in [4.78, 5) is 17.9. The summed E-state index contributed by atoms with van der Waals surface area (Å²) in [5.41, 5.74) is 2.51. The highest BCUT2D eigenvalue weighted by molar-refractivity contribution is 5.91. The number of H-pyrrole nitrogens is 1. The number of aromatic nitrogens is 2. The maximum atomic E-state index is 12.1. The van der Waals surface area contributed by atoms with Gasteiger partial charge in [-0.3, -0.25) is 9.69 Å². The fraction of sp³-hybridized carbons (Fsp3) is 0.368. The molecule has 0 aliphatic carbocycles. The van der Waals surface area contributed by atoms with Gasteiger partial charge < -0.3 is 14.8 Å². The third-order valence-corrected chi connectivity index (χ3v) is 4.84. The van der Waals surface area contributed by atoms with Gasteiger partial charge in [0.2, 0.25) is 5.91 Å². The number of benzene rings is 1. The predicted octanol–water partition coefficient (Wildman–Crippen LogP) is 3.28. The van der Waals surface area contributed by atoms with Gasteiger partial charge in [-0.05, 0) is 50.4 Å². The SMILES string of the molecule is Cc1cc(NC(=O)CN2CCC(c3cc4ccccc4[nH]3)CC2)no1. The zero-order valence-electron chi connectivity index (χ0n) is 14.3. The highest BCUT2D eigenvalue weighted by Gasteiger charge is 2.23. The van der Waals surface area contributed by atoms with Crippen LogP contribution in [0.5, 0.6) is 0 Å². The summed E-state index contributed by atoms with van der Waals surface area (Å²) in [5, 5.41) is 7.84. The molecular weight excluding hydrogens is 316 g/mol. The molecule has 2 N–H and O–H groups in total. The summed E-state index contributed by atoms with van der Waals surface area (Å²) in [5.74, 6) is 1.66. The van der Waals surface area contributed by atoms with E-state index in [4.69, 9.17) is 4.52 Å². The number of para-hydroxylation sites is 1. The smallest absolute Gasteiger partial charge is 0.239 e. The molecule has 1 aromatic carbocycles. The van der Waals surface area contributed by atoms with E-state index in [-0.39, 0.29) is 5.91 Å². The summed E-state index contributed by atoms with van der Waals surface area (Å²) in [6.07, 6.45) is 2.12. The molecule has 25 heavy (non-hydrogen) atoms. The maximum absolute atomic E-state index is 12.1. The Labute approximate surface area is 146 Å². The van der Waals surface area contributed by atoms with Crippen LogP contribution in [0.2, 0.25) is 0 Å². The number of anilines is 1. The Kier molecular flexibility index (Phi) is 4.28. The summed E-state index contributed by atoms with van der Waals surface area (Å²) in [6, 6.07) is 12.4. The summed E-state index contributed by atoms with van der Waals surface area (Å²) in [6.45, 7) is 4.04. The quantitative estimate of drug-likeness (QED) is 0.765. The minimum absolute atomic E-state index is 0.0441. The molecule has 6 nitrogen and oxygen atoms in total. The van der Waals surface area contributed by atoms with Gasteiger partial charge in [0.15, 0.2) is 5.82 Å². The van der Waals surface area contributed by atoms with Gasteiger partial charge in [0.05, 0.1) is 6.54 Å². The van der Waals surface area contributed by atoms with Gasteiger partial charge in [-0.1, -0.05) is 23.4 Å². The van der Waals surface area contributed by atoms with Crippen LogP contribution in [0.1, 0.15) is 30.2 Å². The van der Waals surface area contributed by atoms with Crippen LogP contribution in [0, 0.1) is 6.92 Å². The molecule has 0 atom stereocenters. The van der Waals surface area contributed by atoms with Crippen LogP contribution in [0.4, 0.5) is 5.82 Å². The second-order valence-electron chi connectivity index (χ2n) is 6.73. The Balaban J connectivity index is 1.31.